The minimum Gasteiger partial charge on any atom is -0.481 e. The predicted octanol–water partition coefficient (Wildman–Crippen LogP) is 2.32. The highest BCUT2D eigenvalue weighted by molar-refractivity contribution is 5.67. The molecule has 0 amide bonds. The van der Waals surface area contributed by atoms with E-state index in [4.69, 9.17) is 10.8 Å². The number of para-hydroxylation sites is 1. The molecule has 0 aliphatic carbocycles. The minimum absolute atomic E-state index is 0.0520. The fourth-order valence-electron chi connectivity index (χ4n) is 1.96. The molecule has 0 fully saturated rings. The molecule has 4 N–H and O–H groups in total. The Balaban J connectivity index is 2.17. The van der Waals surface area contributed by atoms with E-state index < -0.39 is 5.97 Å². The molecule has 1 rings (SSSR count). The summed E-state index contributed by atoms with van der Waals surface area (Å²) < 4.78 is 0. The van der Waals surface area contributed by atoms with Gasteiger partial charge >= 0.3 is 5.97 Å². The van der Waals surface area contributed by atoms with Crippen LogP contribution in [0.5, 0.6) is 0 Å². The summed E-state index contributed by atoms with van der Waals surface area (Å²) in [6.07, 6.45) is 1.79. The summed E-state index contributed by atoms with van der Waals surface area (Å²) in [5, 5.41) is 12.0. The van der Waals surface area contributed by atoms with E-state index >= 15 is 0 Å². The Kier molecular flexibility index (Phi) is 6.22. The first kappa shape index (κ1) is 14.5. The van der Waals surface area contributed by atoms with Crippen LogP contribution in [0.4, 0.5) is 5.69 Å². The number of hydrogen-bond donors (Lipinski definition) is 3. The number of anilines is 1. The van der Waals surface area contributed by atoms with Crippen LogP contribution in [0.15, 0.2) is 30.3 Å². The van der Waals surface area contributed by atoms with Gasteiger partial charge in [-0.25, -0.2) is 0 Å². The second kappa shape index (κ2) is 7.71. The Morgan fingerprint density at radius 1 is 1.39 bits per heavy atom. The van der Waals surface area contributed by atoms with Crippen LogP contribution >= 0.6 is 0 Å². The third-order valence-electron chi connectivity index (χ3n) is 2.88. The predicted molar refractivity (Wildman–Crippen MR) is 73.6 cm³/mol. The van der Waals surface area contributed by atoms with Crippen LogP contribution in [0, 0.1) is 5.92 Å². The molecule has 18 heavy (non-hydrogen) atoms. The molecule has 1 aromatic carbocycles. The number of hydrogen-bond acceptors (Lipinski definition) is 3. The van der Waals surface area contributed by atoms with Crippen LogP contribution in [0.25, 0.3) is 0 Å². The molecular formula is C14H22N2O2. The third-order valence-corrected chi connectivity index (χ3v) is 2.88. The molecule has 4 nitrogen and oxygen atoms in total. The molecule has 0 aliphatic rings. The van der Waals surface area contributed by atoms with Gasteiger partial charge in [0.1, 0.15) is 0 Å². The maximum atomic E-state index is 10.5. The number of nitrogens with two attached hydrogens (primary N) is 1. The molecule has 0 bridgehead atoms. The highest BCUT2D eigenvalue weighted by Crippen LogP contribution is 2.12. The topological polar surface area (TPSA) is 75.3 Å². The van der Waals surface area contributed by atoms with E-state index in [-0.39, 0.29) is 12.5 Å². The number of nitrogens with one attached hydrogen (secondary N) is 1. The Labute approximate surface area is 108 Å². The molecule has 1 aromatic rings. The zero-order valence-corrected chi connectivity index (χ0v) is 10.8. The molecule has 100 valence electrons. The Bertz CT molecular complexity index is 354. The van der Waals surface area contributed by atoms with E-state index in [0.717, 1.165) is 25.1 Å². The summed E-state index contributed by atoms with van der Waals surface area (Å²) in [4.78, 5) is 10.5. The summed E-state index contributed by atoms with van der Waals surface area (Å²) >= 11 is 0. The van der Waals surface area contributed by atoms with Crippen molar-refractivity contribution in [2.24, 2.45) is 11.7 Å². The molecule has 0 radical (unpaired) electrons. The lowest BCUT2D eigenvalue weighted by Crippen LogP contribution is -2.26. The molecule has 0 saturated heterocycles. The maximum absolute atomic E-state index is 10.5. The average Bonchev–Trinajstić information content (AvgIpc) is 2.29. The minimum atomic E-state index is -0.822. The van der Waals surface area contributed by atoms with Gasteiger partial charge in [-0.15, -0.1) is 0 Å². The quantitative estimate of drug-likeness (QED) is 0.662. The van der Waals surface area contributed by atoms with Gasteiger partial charge in [0.25, 0.3) is 0 Å². The van der Waals surface area contributed by atoms with Crippen molar-refractivity contribution in [2.75, 3.05) is 11.9 Å². The van der Waals surface area contributed by atoms with Crippen molar-refractivity contribution in [3.8, 4) is 0 Å². The normalized spacial score (nSPS) is 13.9. The Morgan fingerprint density at radius 2 is 2.06 bits per heavy atom. The smallest absolute Gasteiger partial charge is 0.304 e. The van der Waals surface area contributed by atoms with Gasteiger partial charge < -0.3 is 16.2 Å². The fourth-order valence-corrected chi connectivity index (χ4v) is 1.96. The lowest BCUT2D eigenvalue weighted by Gasteiger charge is -2.16. The number of benzene rings is 1. The molecule has 0 saturated carbocycles. The van der Waals surface area contributed by atoms with Crippen LogP contribution in [0.1, 0.15) is 26.2 Å². The second-order valence-electron chi connectivity index (χ2n) is 4.78. The first-order valence-electron chi connectivity index (χ1n) is 6.34. The van der Waals surface area contributed by atoms with E-state index in [2.05, 4.69) is 12.2 Å². The van der Waals surface area contributed by atoms with Gasteiger partial charge in [-0.05, 0) is 30.9 Å². The highest BCUT2D eigenvalue weighted by Gasteiger charge is 2.12. The zero-order chi connectivity index (χ0) is 13.4. The van der Waals surface area contributed by atoms with Crippen LogP contribution in [-0.4, -0.2) is 23.7 Å². The number of aliphatic carboxylic acids is 1. The lowest BCUT2D eigenvalue weighted by atomic mass is 9.97. The van der Waals surface area contributed by atoms with Gasteiger partial charge in [-0.2, -0.15) is 0 Å². The van der Waals surface area contributed by atoms with Crippen molar-refractivity contribution < 1.29 is 9.90 Å². The molecular weight excluding hydrogens is 228 g/mol. The van der Waals surface area contributed by atoms with Crippen molar-refractivity contribution in [1.82, 2.24) is 0 Å². The van der Waals surface area contributed by atoms with Crippen LogP contribution < -0.4 is 11.1 Å². The maximum Gasteiger partial charge on any atom is 0.304 e. The van der Waals surface area contributed by atoms with Crippen molar-refractivity contribution in [3.05, 3.63) is 30.3 Å². The van der Waals surface area contributed by atoms with E-state index in [1.807, 2.05) is 30.3 Å². The molecule has 0 aliphatic heterocycles. The molecule has 4 heteroatoms. The molecule has 2 atom stereocenters. The fraction of sp³-hybridized carbons (Fsp3) is 0.500. The van der Waals surface area contributed by atoms with Gasteiger partial charge in [0.15, 0.2) is 0 Å². The SMILES string of the molecule is CC(CCNc1ccccc1)CC(N)CC(=O)O. The summed E-state index contributed by atoms with van der Waals surface area (Å²) in [7, 11) is 0. The van der Waals surface area contributed by atoms with Crippen molar-refractivity contribution in [1.29, 1.82) is 0 Å². The molecule has 0 heterocycles. The molecule has 0 aromatic heterocycles. The van der Waals surface area contributed by atoms with Crippen LogP contribution in [0.2, 0.25) is 0 Å². The van der Waals surface area contributed by atoms with Crippen LogP contribution in [0.3, 0.4) is 0 Å². The summed E-state index contributed by atoms with van der Waals surface area (Å²) in [5.41, 5.74) is 6.87. The monoisotopic (exact) mass is 250 g/mol. The van der Waals surface area contributed by atoms with Gasteiger partial charge in [0, 0.05) is 18.3 Å². The van der Waals surface area contributed by atoms with Crippen molar-refractivity contribution >= 4 is 11.7 Å². The van der Waals surface area contributed by atoms with E-state index in [1.165, 1.54) is 0 Å². The van der Waals surface area contributed by atoms with E-state index in [1.54, 1.807) is 0 Å². The average molecular weight is 250 g/mol. The third kappa shape index (κ3) is 6.25. The number of carboxylic acid groups (broad SMARTS) is 1. The largest absolute Gasteiger partial charge is 0.481 e. The number of carbonyl (C=O) groups is 1. The lowest BCUT2D eigenvalue weighted by molar-refractivity contribution is -0.137. The molecule has 2 unspecified atom stereocenters. The van der Waals surface area contributed by atoms with E-state index in [0.29, 0.717) is 5.92 Å². The first-order chi connectivity index (χ1) is 8.58. The van der Waals surface area contributed by atoms with Gasteiger partial charge in [0.05, 0.1) is 6.42 Å². The van der Waals surface area contributed by atoms with Crippen molar-refractivity contribution in [2.45, 2.75) is 32.2 Å². The van der Waals surface area contributed by atoms with Crippen molar-refractivity contribution in [3.63, 3.8) is 0 Å². The summed E-state index contributed by atoms with van der Waals surface area (Å²) in [6, 6.07) is 9.79. The summed E-state index contributed by atoms with van der Waals surface area (Å²) in [6.45, 7) is 2.99. The Hall–Kier alpha value is -1.55. The zero-order valence-electron chi connectivity index (χ0n) is 10.8. The summed E-state index contributed by atoms with van der Waals surface area (Å²) in [5.74, 6) is -0.396. The Morgan fingerprint density at radius 3 is 2.67 bits per heavy atom. The number of rotatable bonds is 8. The molecule has 0 spiro atoms. The van der Waals surface area contributed by atoms with E-state index in [9.17, 15) is 4.79 Å². The van der Waals surface area contributed by atoms with Crippen LogP contribution in [-0.2, 0) is 4.79 Å². The standard InChI is InChI=1S/C14H22N2O2/c1-11(9-12(15)10-14(17)18)7-8-16-13-5-3-2-4-6-13/h2-6,11-12,16H,7-10,15H2,1H3,(H,17,18). The second-order valence-corrected chi connectivity index (χ2v) is 4.78. The van der Waals surface area contributed by atoms with Gasteiger partial charge in [-0.1, -0.05) is 25.1 Å². The highest BCUT2D eigenvalue weighted by atomic mass is 16.4. The van der Waals surface area contributed by atoms with Gasteiger partial charge in [0.2, 0.25) is 0 Å². The first-order valence-corrected chi connectivity index (χ1v) is 6.34. The number of carboxylic acids is 1. The van der Waals surface area contributed by atoms with Gasteiger partial charge in [-0.3, -0.25) is 4.79 Å².